The van der Waals surface area contributed by atoms with Crippen LogP contribution in [0.4, 0.5) is 5.69 Å². The van der Waals surface area contributed by atoms with E-state index in [9.17, 15) is 4.79 Å². The summed E-state index contributed by atoms with van der Waals surface area (Å²) in [5.41, 5.74) is 3.17. The lowest BCUT2D eigenvalue weighted by molar-refractivity contribution is 0.402. The number of halogens is 1. The predicted molar refractivity (Wildman–Crippen MR) is 80.6 cm³/mol. The summed E-state index contributed by atoms with van der Waals surface area (Å²) < 4.78 is 10.4. The van der Waals surface area contributed by atoms with Crippen LogP contribution in [0.5, 0.6) is 11.5 Å². The van der Waals surface area contributed by atoms with E-state index in [2.05, 4.69) is 20.7 Å². The largest absolute Gasteiger partial charge is 0.497 e. The Hall–Kier alpha value is -2.54. The van der Waals surface area contributed by atoms with Gasteiger partial charge in [0.25, 0.3) is 5.56 Å². The van der Waals surface area contributed by atoms with E-state index in [4.69, 9.17) is 21.1 Å². The molecule has 1 aromatic carbocycles. The molecule has 2 N–H and O–H groups in total. The average molecular weight is 309 g/mol. The molecule has 0 saturated carbocycles. The van der Waals surface area contributed by atoms with Crippen LogP contribution in [0.3, 0.4) is 0 Å². The molecule has 8 heteroatoms. The number of benzene rings is 1. The zero-order valence-corrected chi connectivity index (χ0v) is 12.1. The molecule has 0 bridgehead atoms. The number of aromatic nitrogens is 2. The monoisotopic (exact) mass is 308 g/mol. The molecule has 0 aliphatic heterocycles. The van der Waals surface area contributed by atoms with Gasteiger partial charge in [0, 0.05) is 5.56 Å². The molecule has 21 heavy (non-hydrogen) atoms. The molecule has 0 saturated heterocycles. The summed E-state index contributed by atoms with van der Waals surface area (Å²) in [5.74, 6) is 1.31. The fraction of sp³-hybridized carbons (Fsp3) is 0.154. The third-order valence-electron chi connectivity index (χ3n) is 2.62. The molecule has 1 heterocycles. The zero-order valence-electron chi connectivity index (χ0n) is 11.4. The first-order chi connectivity index (χ1) is 10.2. The maximum absolute atomic E-state index is 11.3. The second-order valence-electron chi connectivity index (χ2n) is 3.90. The lowest BCUT2D eigenvalue weighted by Crippen LogP contribution is -2.10. The Morgan fingerprint density at radius 3 is 2.90 bits per heavy atom. The number of H-pyrrole nitrogens is 1. The molecule has 1 aromatic heterocycles. The van der Waals surface area contributed by atoms with Crippen molar-refractivity contribution in [3.8, 4) is 11.5 Å². The molecule has 0 aliphatic carbocycles. The van der Waals surface area contributed by atoms with Gasteiger partial charge in [-0.3, -0.25) is 10.2 Å². The van der Waals surface area contributed by atoms with Crippen molar-refractivity contribution in [2.24, 2.45) is 5.10 Å². The van der Waals surface area contributed by atoms with Crippen LogP contribution < -0.4 is 20.5 Å². The first-order valence-electron chi connectivity index (χ1n) is 5.90. The Balaban J connectivity index is 2.21. The highest BCUT2D eigenvalue weighted by molar-refractivity contribution is 6.32. The molecule has 2 aromatic rings. The maximum atomic E-state index is 11.3. The highest BCUT2D eigenvalue weighted by atomic mass is 35.5. The molecule has 0 aliphatic rings. The molecule has 0 amide bonds. The fourth-order valence-corrected chi connectivity index (χ4v) is 1.71. The molecule has 0 spiro atoms. The van der Waals surface area contributed by atoms with Crippen molar-refractivity contribution < 1.29 is 9.47 Å². The van der Waals surface area contributed by atoms with Crippen LogP contribution >= 0.6 is 11.6 Å². The van der Waals surface area contributed by atoms with Crippen LogP contribution in [-0.2, 0) is 0 Å². The lowest BCUT2D eigenvalue weighted by atomic mass is 10.2. The van der Waals surface area contributed by atoms with E-state index in [1.807, 2.05) is 0 Å². The Labute approximate surface area is 125 Å². The topological polar surface area (TPSA) is 88.6 Å². The molecule has 0 radical (unpaired) electrons. The fourth-order valence-electron chi connectivity index (χ4n) is 1.57. The lowest BCUT2D eigenvalue weighted by Gasteiger charge is -2.07. The van der Waals surface area contributed by atoms with E-state index >= 15 is 0 Å². The highest BCUT2D eigenvalue weighted by Gasteiger charge is 2.04. The third kappa shape index (κ3) is 3.51. The Morgan fingerprint density at radius 2 is 2.19 bits per heavy atom. The third-order valence-corrected chi connectivity index (χ3v) is 3.00. The molecule has 7 nitrogen and oxygen atoms in total. The molecular formula is C13H13ClN4O3. The normalized spacial score (nSPS) is 10.6. The van der Waals surface area contributed by atoms with Crippen LogP contribution in [-0.4, -0.2) is 30.6 Å². The van der Waals surface area contributed by atoms with Crippen molar-refractivity contribution in [1.29, 1.82) is 0 Å². The van der Waals surface area contributed by atoms with E-state index in [1.54, 1.807) is 32.4 Å². The maximum Gasteiger partial charge on any atom is 0.285 e. The van der Waals surface area contributed by atoms with Gasteiger partial charge in [-0.2, -0.15) is 10.2 Å². The first kappa shape index (κ1) is 14.9. The number of aromatic amines is 1. The van der Waals surface area contributed by atoms with Crippen molar-refractivity contribution in [3.05, 3.63) is 45.3 Å². The van der Waals surface area contributed by atoms with Gasteiger partial charge in [-0.25, -0.2) is 5.10 Å². The number of rotatable bonds is 5. The van der Waals surface area contributed by atoms with Gasteiger partial charge in [-0.15, -0.1) is 0 Å². The van der Waals surface area contributed by atoms with Gasteiger partial charge in [-0.1, -0.05) is 11.6 Å². The van der Waals surface area contributed by atoms with E-state index in [0.29, 0.717) is 22.7 Å². The van der Waals surface area contributed by atoms with Gasteiger partial charge in [-0.05, 0) is 18.2 Å². The second kappa shape index (κ2) is 6.76. The summed E-state index contributed by atoms with van der Waals surface area (Å²) in [7, 11) is 3.13. The van der Waals surface area contributed by atoms with Crippen molar-refractivity contribution in [1.82, 2.24) is 10.2 Å². The molecule has 0 fully saturated rings. The predicted octanol–water partition coefficient (Wildman–Crippen LogP) is 1.89. The summed E-state index contributed by atoms with van der Waals surface area (Å²) in [6.07, 6.45) is 2.89. The van der Waals surface area contributed by atoms with Crippen LogP contribution in [0.25, 0.3) is 0 Å². The second-order valence-corrected chi connectivity index (χ2v) is 4.28. The Bertz CT molecular complexity index is 715. The van der Waals surface area contributed by atoms with E-state index < -0.39 is 5.56 Å². The van der Waals surface area contributed by atoms with Crippen LogP contribution in [0.2, 0.25) is 5.02 Å². The average Bonchev–Trinajstić information content (AvgIpc) is 2.51. The molecule has 0 atom stereocenters. The van der Waals surface area contributed by atoms with E-state index in [1.165, 1.54) is 12.4 Å². The number of ether oxygens (including phenoxy) is 2. The van der Waals surface area contributed by atoms with Gasteiger partial charge >= 0.3 is 0 Å². The minimum Gasteiger partial charge on any atom is -0.497 e. The number of methoxy groups -OCH3 is 2. The summed E-state index contributed by atoms with van der Waals surface area (Å²) >= 11 is 5.82. The minimum atomic E-state index is -0.490. The van der Waals surface area contributed by atoms with Crippen molar-refractivity contribution in [2.45, 2.75) is 0 Å². The molecular weight excluding hydrogens is 296 g/mol. The van der Waals surface area contributed by atoms with Gasteiger partial charge in [0.1, 0.15) is 22.2 Å². The number of hydrazone groups is 1. The summed E-state index contributed by atoms with van der Waals surface area (Å²) in [6.45, 7) is 0. The van der Waals surface area contributed by atoms with Gasteiger partial charge < -0.3 is 9.47 Å². The standard InChI is InChI=1S/C13H13ClN4O3/c1-20-9-3-4-11(21-2)8(5-9)6-15-17-10-7-16-18-13(19)12(10)14/h3-7H,1-2H3,(H2,17,18,19). The van der Waals surface area contributed by atoms with E-state index in [0.717, 1.165) is 0 Å². The number of hydrogen-bond donors (Lipinski definition) is 2. The number of nitrogens with one attached hydrogen (secondary N) is 2. The van der Waals surface area contributed by atoms with Gasteiger partial charge in [0.2, 0.25) is 0 Å². The Kier molecular flexibility index (Phi) is 4.78. The molecule has 0 unspecified atom stereocenters. The summed E-state index contributed by atoms with van der Waals surface area (Å²) in [4.78, 5) is 11.3. The van der Waals surface area contributed by atoms with Crippen molar-refractivity contribution in [2.75, 3.05) is 19.6 Å². The van der Waals surface area contributed by atoms with E-state index in [-0.39, 0.29) is 5.02 Å². The number of nitrogens with zero attached hydrogens (tertiary/aromatic N) is 2. The quantitative estimate of drug-likeness (QED) is 0.650. The first-order valence-corrected chi connectivity index (χ1v) is 6.27. The smallest absolute Gasteiger partial charge is 0.285 e. The summed E-state index contributed by atoms with van der Waals surface area (Å²) in [6, 6.07) is 5.31. The zero-order chi connectivity index (χ0) is 15.2. The van der Waals surface area contributed by atoms with Crippen molar-refractivity contribution >= 4 is 23.5 Å². The highest BCUT2D eigenvalue weighted by Crippen LogP contribution is 2.22. The van der Waals surface area contributed by atoms with Crippen LogP contribution in [0, 0.1) is 0 Å². The molecule has 2 rings (SSSR count). The van der Waals surface area contributed by atoms with Gasteiger partial charge in [0.05, 0.1) is 26.6 Å². The van der Waals surface area contributed by atoms with Crippen molar-refractivity contribution in [3.63, 3.8) is 0 Å². The summed E-state index contributed by atoms with van der Waals surface area (Å²) in [5, 5.41) is 9.84. The molecule has 110 valence electrons. The number of anilines is 1. The number of hydrogen-bond acceptors (Lipinski definition) is 6. The minimum absolute atomic E-state index is 0.0141. The van der Waals surface area contributed by atoms with Crippen LogP contribution in [0.15, 0.2) is 34.3 Å². The SMILES string of the molecule is COc1ccc(OC)c(C=NNc2cn[nH]c(=O)c2Cl)c1. The Morgan fingerprint density at radius 1 is 1.38 bits per heavy atom. The van der Waals surface area contributed by atoms with Crippen LogP contribution in [0.1, 0.15) is 5.56 Å². The van der Waals surface area contributed by atoms with Gasteiger partial charge in [0.15, 0.2) is 0 Å².